The summed E-state index contributed by atoms with van der Waals surface area (Å²) < 4.78 is 0. The Labute approximate surface area is 143 Å². The molecule has 0 saturated heterocycles. The Morgan fingerprint density at radius 2 is 1.39 bits per heavy atom. The van der Waals surface area contributed by atoms with Crippen molar-refractivity contribution in [3.8, 4) is 0 Å². The fourth-order valence-corrected chi connectivity index (χ4v) is 10.0. The summed E-state index contributed by atoms with van der Waals surface area (Å²) >= 11 is 0. The molecule has 12 unspecified atom stereocenters. The van der Waals surface area contributed by atoms with E-state index in [4.69, 9.17) is 0 Å². The minimum Gasteiger partial charge on any atom is -0.0651 e. The predicted molar refractivity (Wildman–Crippen MR) is 94.8 cm³/mol. The van der Waals surface area contributed by atoms with E-state index in [1.165, 1.54) is 53.8 Å². The van der Waals surface area contributed by atoms with Crippen LogP contribution in [0.5, 0.6) is 0 Å². The molecule has 0 aromatic carbocycles. The Morgan fingerprint density at radius 3 is 2.17 bits per heavy atom. The lowest BCUT2D eigenvalue weighted by atomic mass is 9.60. The van der Waals surface area contributed by atoms with Crippen molar-refractivity contribution >= 4 is 0 Å². The molecule has 6 bridgehead atoms. The molecule has 0 radical (unpaired) electrons. The van der Waals surface area contributed by atoms with Crippen LogP contribution in [-0.4, -0.2) is 0 Å². The van der Waals surface area contributed by atoms with Crippen LogP contribution < -0.4 is 0 Å². The monoisotopic (exact) mass is 312 g/mol. The van der Waals surface area contributed by atoms with Crippen molar-refractivity contribution in [2.24, 2.45) is 71.0 Å². The highest BCUT2D eigenvalue weighted by Gasteiger charge is 2.64. The van der Waals surface area contributed by atoms with Crippen molar-refractivity contribution in [1.29, 1.82) is 0 Å². The highest BCUT2D eigenvalue weighted by Crippen LogP contribution is 2.72. The Balaban J connectivity index is 1.25. The Bertz CT molecular complexity index is 494. The van der Waals surface area contributed by atoms with Gasteiger partial charge in [0.25, 0.3) is 0 Å². The molecule has 23 heavy (non-hydrogen) atoms. The molecular formula is C23H36. The van der Waals surface area contributed by atoms with E-state index in [-0.39, 0.29) is 0 Å². The summed E-state index contributed by atoms with van der Waals surface area (Å²) in [4.78, 5) is 0. The van der Waals surface area contributed by atoms with Crippen LogP contribution in [0.1, 0.15) is 71.6 Å². The molecule has 0 heterocycles. The first kappa shape index (κ1) is 14.2. The van der Waals surface area contributed by atoms with Gasteiger partial charge in [0.2, 0.25) is 0 Å². The number of hydrogen-bond acceptors (Lipinski definition) is 0. The smallest absolute Gasteiger partial charge is 0.0321 e. The Hall–Kier alpha value is 0. The number of hydrogen-bond donors (Lipinski definition) is 0. The van der Waals surface area contributed by atoms with Crippen molar-refractivity contribution in [3.05, 3.63) is 0 Å². The van der Waals surface area contributed by atoms with E-state index >= 15 is 0 Å². The molecule has 6 fully saturated rings. The van der Waals surface area contributed by atoms with Crippen LogP contribution in [0, 0.1) is 71.0 Å². The van der Waals surface area contributed by atoms with Crippen molar-refractivity contribution in [1.82, 2.24) is 0 Å². The third-order valence-electron chi connectivity index (χ3n) is 10.6. The average molecular weight is 313 g/mol. The molecule has 6 aliphatic carbocycles. The van der Waals surface area contributed by atoms with E-state index in [2.05, 4.69) is 13.8 Å². The first-order chi connectivity index (χ1) is 11.2. The summed E-state index contributed by atoms with van der Waals surface area (Å²) in [6.07, 6.45) is 14.6. The van der Waals surface area contributed by atoms with Gasteiger partial charge in [-0.3, -0.25) is 0 Å². The van der Waals surface area contributed by atoms with Gasteiger partial charge in [-0.25, -0.2) is 0 Å². The zero-order valence-electron chi connectivity index (χ0n) is 15.3. The van der Waals surface area contributed by atoms with Crippen molar-refractivity contribution in [3.63, 3.8) is 0 Å². The third kappa shape index (κ3) is 1.75. The van der Waals surface area contributed by atoms with Gasteiger partial charge in [-0.05, 0) is 122 Å². The molecule has 6 aliphatic rings. The standard InChI is InChI=1S/C23H36/c1-3-12(2)17-6-13-7-18(17)19(8-13)20-10-16-11-21(20)23-15-5-4-14(9-15)22(16)23/h12-23H,3-11H2,1-2H3. The molecule has 0 heteroatoms. The lowest BCUT2D eigenvalue weighted by Gasteiger charge is -2.44. The van der Waals surface area contributed by atoms with Gasteiger partial charge in [-0.2, -0.15) is 0 Å². The maximum Gasteiger partial charge on any atom is -0.0321 e. The summed E-state index contributed by atoms with van der Waals surface area (Å²) in [5, 5.41) is 0. The topological polar surface area (TPSA) is 0 Å². The molecule has 0 N–H and O–H groups in total. The molecule has 0 spiro atoms. The van der Waals surface area contributed by atoms with Gasteiger partial charge < -0.3 is 0 Å². The average Bonchev–Trinajstić information content (AvgIpc) is 3.38. The zero-order valence-corrected chi connectivity index (χ0v) is 15.3. The molecule has 0 aromatic heterocycles. The summed E-state index contributed by atoms with van der Waals surface area (Å²) in [6, 6.07) is 0. The molecule has 128 valence electrons. The van der Waals surface area contributed by atoms with E-state index in [1.807, 2.05) is 0 Å². The van der Waals surface area contributed by atoms with Gasteiger partial charge in [0, 0.05) is 0 Å². The van der Waals surface area contributed by atoms with Gasteiger partial charge in [0.05, 0.1) is 0 Å². The number of rotatable bonds is 3. The zero-order chi connectivity index (χ0) is 15.3. The third-order valence-corrected chi connectivity index (χ3v) is 10.6. The van der Waals surface area contributed by atoms with Gasteiger partial charge in [0.15, 0.2) is 0 Å². The molecule has 0 amide bonds. The lowest BCUT2D eigenvalue weighted by Crippen LogP contribution is -2.38. The van der Waals surface area contributed by atoms with E-state index in [9.17, 15) is 0 Å². The molecular weight excluding hydrogens is 276 g/mol. The second-order valence-electron chi connectivity index (χ2n) is 11.0. The quantitative estimate of drug-likeness (QED) is 0.559. The lowest BCUT2D eigenvalue weighted by molar-refractivity contribution is 0.0374. The van der Waals surface area contributed by atoms with Crippen LogP contribution in [0.4, 0.5) is 0 Å². The molecule has 0 nitrogen and oxygen atoms in total. The van der Waals surface area contributed by atoms with E-state index in [0.29, 0.717) is 0 Å². The largest absolute Gasteiger partial charge is 0.0651 e. The summed E-state index contributed by atoms with van der Waals surface area (Å²) in [6.45, 7) is 5.00. The fraction of sp³-hybridized carbons (Fsp3) is 1.00. The minimum absolute atomic E-state index is 1.00. The number of fused-ring (bicyclic) bond motifs is 11. The maximum atomic E-state index is 2.56. The summed E-state index contributed by atoms with van der Waals surface area (Å²) in [5.41, 5.74) is 0. The molecule has 6 rings (SSSR count). The van der Waals surface area contributed by atoms with Crippen LogP contribution >= 0.6 is 0 Å². The van der Waals surface area contributed by atoms with Crippen LogP contribution in [0.25, 0.3) is 0 Å². The SMILES string of the molecule is CCC(C)C1CC2CC1C(C1CC3CC1C1C4CCC(C4)C31)C2. The summed E-state index contributed by atoms with van der Waals surface area (Å²) in [7, 11) is 0. The van der Waals surface area contributed by atoms with E-state index in [1.54, 1.807) is 51.4 Å². The molecule has 6 saturated carbocycles. The summed E-state index contributed by atoms with van der Waals surface area (Å²) in [5.74, 6) is 14.0. The van der Waals surface area contributed by atoms with Gasteiger partial charge in [0.1, 0.15) is 0 Å². The van der Waals surface area contributed by atoms with Crippen molar-refractivity contribution in [2.45, 2.75) is 71.6 Å². The van der Waals surface area contributed by atoms with Gasteiger partial charge in [-0.15, -0.1) is 0 Å². The fourth-order valence-electron chi connectivity index (χ4n) is 10.0. The Kier molecular flexibility index (Phi) is 2.96. The second-order valence-corrected chi connectivity index (χ2v) is 11.0. The van der Waals surface area contributed by atoms with Crippen molar-refractivity contribution in [2.75, 3.05) is 0 Å². The molecule has 0 aliphatic heterocycles. The highest BCUT2D eigenvalue weighted by atomic mass is 14.7. The van der Waals surface area contributed by atoms with E-state index < -0.39 is 0 Å². The normalized spacial score (nSPS) is 63.1. The minimum atomic E-state index is 1.00. The maximum absolute atomic E-state index is 2.56. The van der Waals surface area contributed by atoms with Gasteiger partial charge >= 0.3 is 0 Å². The van der Waals surface area contributed by atoms with Crippen LogP contribution in [0.2, 0.25) is 0 Å². The Morgan fingerprint density at radius 1 is 0.696 bits per heavy atom. The highest BCUT2D eigenvalue weighted by molar-refractivity contribution is 5.13. The van der Waals surface area contributed by atoms with Crippen LogP contribution in [0.15, 0.2) is 0 Å². The van der Waals surface area contributed by atoms with E-state index in [0.717, 1.165) is 23.7 Å². The van der Waals surface area contributed by atoms with Crippen LogP contribution in [-0.2, 0) is 0 Å². The van der Waals surface area contributed by atoms with Crippen molar-refractivity contribution < 1.29 is 0 Å². The molecule has 12 atom stereocenters. The predicted octanol–water partition coefficient (Wildman–Crippen LogP) is 6.01. The first-order valence-corrected chi connectivity index (χ1v) is 11.2. The molecule has 0 aromatic rings. The second kappa shape index (κ2) is 4.79. The van der Waals surface area contributed by atoms with Crippen LogP contribution in [0.3, 0.4) is 0 Å². The van der Waals surface area contributed by atoms with Gasteiger partial charge in [-0.1, -0.05) is 20.3 Å². The first-order valence-electron chi connectivity index (χ1n) is 11.2.